The molecule has 47 heavy (non-hydrogen) atoms. The molecule has 2 fully saturated rings. The summed E-state index contributed by atoms with van der Waals surface area (Å²) in [5.41, 5.74) is -2.90. The molecule has 13 heteroatoms. The molecule has 6 rings (SSSR count). The number of nitrogens with one attached hydrogen (secondary N) is 1. The molecule has 0 radical (unpaired) electrons. The number of nitrogens with zero attached hydrogens (tertiary/aromatic N) is 1. The zero-order valence-electron chi connectivity index (χ0n) is 26.8. The van der Waals surface area contributed by atoms with Crippen LogP contribution in [0.2, 0.25) is 0 Å². The molecule has 256 valence electrons. The molecule has 2 aromatic carbocycles. The predicted octanol–water partition coefficient (Wildman–Crippen LogP) is 2.92. The lowest BCUT2D eigenvalue weighted by Crippen LogP contribution is -2.56. The number of aliphatic hydroxyl groups excluding tert-OH is 1. The Bertz CT molecular complexity index is 1560. The first kappa shape index (κ1) is 35.2. The van der Waals surface area contributed by atoms with Crippen molar-refractivity contribution in [2.45, 2.75) is 95.0 Å². The molecule has 5 N–H and O–H groups in total. The number of methoxy groups -OCH3 is 1. The molecule has 2 aromatic rings. The maximum absolute atomic E-state index is 13.9. The monoisotopic (exact) mass is 674 g/mol. The Morgan fingerprint density at radius 3 is 2.40 bits per heavy atom. The van der Waals surface area contributed by atoms with Crippen LogP contribution in [0.25, 0.3) is 0 Å². The number of likely N-dealkylation sites (tertiary alicyclic amines) is 1. The summed E-state index contributed by atoms with van der Waals surface area (Å²) in [5.74, 6) is -3.05. The van der Waals surface area contributed by atoms with Gasteiger partial charge in [-0.3, -0.25) is 24.6 Å². The van der Waals surface area contributed by atoms with Gasteiger partial charge in [0.25, 0.3) is 0 Å². The Hall–Kier alpha value is -3.10. The van der Waals surface area contributed by atoms with E-state index in [1.165, 1.54) is 39.0 Å². The quantitative estimate of drug-likeness (QED) is 0.232. The Morgan fingerprint density at radius 2 is 1.74 bits per heavy atom. The number of rotatable bonds is 7. The largest absolute Gasteiger partial charge is 0.507 e. The number of fused-ring (bicyclic) bond motifs is 3. The number of ether oxygens (including phenoxy) is 3. The van der Waals surface area contributed by atoms with Gasteiger partial charge in [0.05, 0.1) is 42.1 Å². The van der Waals surface area contributed by atoms with Gasteiger partial charge in [-0.1, -0.05) is 25.0 Å². The Morgan fingerprint density at radius 1 is 1.06 bits per heavy atom. The number of carbonyl (C=O) groups is 3. The van der Waals surface area contributed by atoms with Gasteiger partial charge in [0.2, 0.25) is 5.78 Å². The smallest absolute Gasteiger partial charge is 0.202 e. The first-order valence-corrected chi connectivity index (χ1v) is 16.0. The predicted molar refractivity (Wildman–Crippen MR) is 171 cm³/mol. The maximum atomic E-state index is 13.9. The second-order valence-electron chi connectivity index (χ2n) is 13.0. The Balaban J connectivity index is 0.00000433. The molecular formula is C34H43ClN2O10. The summed E-state index contributed by atoms with van der Waals surface area (Å²) in [4.78, 5) is 42.6. The number of hydrogen-bond donors (Lipinski definition) is 5. The molecule has 0 spiro atoms. The number of carbonyl (C=O) groups excluding carboxylic acids is 3. The van der Waals surface area contributed by atoms with Gasteiger partial charge in [0.15, 0.2) is 17.9 Å². The number of phenols is 2. The zero-order chi connectivity index (χ0) is 32.9. The van der Waals surface area contributed by atoms with Crippen LogP contribution in [0.5, 0.6) is 17.2 Å². The summed E-state index contributed by atoms with van der Waals surface area (Å²) in [5, 5.41) is 49.1. The first-order chi connectivity index (χ1) is 21.9. The van der Waals surface area contributed by atoms with Crippen molar-refractivity contribution in [3.63, 3.8) is 0 Å². The molecule has 0 saturated carbocycles. The molecule has 2 aliphatic carbocycles. The molecule has 2 aliphatic heterocycles. The molecule has 0 unspecified atom stereocenters. The summed E-state index contributed by atoms with van der Waals surface area (Å²) in [6.45, 7) is 5.45. The normalized spacial score (nSPS) is 29.2. The number of Topliss-reactive ketones (excluding diaryl/α,β-unsaturated/α-hetero) is 1. The average Bonchev–Trinajstić information content (AvgIpc) is 3.31. The van der Waals surface area contributed by atoms with Crippen LogP contribution in [0.4, 0.5) is 0 Å². The standard InChI is InChI=1S/C34H42N2O10.ClH/c1-17-29(38)21(35-16-36-11-6-4-5-7-12-36)13-24(45-17)46-23-15-34(43,18(2)37)14-20-26(23)33(42)28-27(31(20)40)30(39)19-9-8-10-22(44-3)25(19)32(28)41;/h8-10,17,21,23-24,29,35,38,40,42-43H,4-7,11-16H2,1-3H3;1H/t17-,21-,23-,24-,29+,34-;/m0./s1. The molecule has 2 saturated heterocycles. The minimum atomic E-state index is -2.00. The van der Waals surface area contributed by atoms with Crippen molar-refractivity contribution in [3.8, 4) is 17.2 Å². The van der Waals surface area contributed by atoms with Gasteiger partial charge >= 0.3 is 0 Å². The fourth-order valence-electron chi connectivity index (χ4n) is 7.37. The second-order valence-corrected chi connectivity index (χ2v) is 13.0. The summed E-state index contributed by atoms with van der Waals surface area (Å²) < 4.78 is 17.7. The number of aromatic hydroxyl groups is 2. The van der Waals surface area contributed by atoms with Crippen LogP contribution in [0.3, 0.4) is 0 Å². The van der Waals surface area contributed by atoms with Crippen molar-refractivity contribution >= 4 is 29.8 Å². The summed E-state index contributed by atoms with van der Waals surface area (Å²) in [7, 11) is 1.36. The van der Waals surface area contributed by atoms with Crippen LogP contribution >= 0.6 is 12.4 Å². The Labute approximate surface area is 279 Å². The van der Waals surface area contributed by atoms with Gasteiger partial charge in [-0.15, -0.1) is 12.4 Å². The van der Waals surface area contributed by atoms with Crippen LogP contribution < -0.4 is 10.1 Å². The van der Waals surface area contributed by atoms with E-state index < -0.39 is 82.6 Å². The molecule has 0 bridgehead atoms. The van der Waals surface area contributed by atoms with Crippen molar-refractivity contribution in [2.24, 2.45) is 0 Å². The van der Waals surface area contributed by atoms with Crippen LogP contribution in [-0.2, 0) is 20.7 Å². The molecule has 0 aromatic heterocycles. The lowest BCUT2D eigenvalue weighted by Gasteiger charge is -2.43. The molecule has 12 nitrogen and oxygen atoms in total. The highest BCUT2D eigenvalue weighted by Crippen LogP contribution is 2.52. The number of phenolic OH excluding ortho intramolecular Hbond substituents is 2. The van der Waals surface area contributed by atoms with E-state index in [-0.39, 0.29) is 53.3 Å². The summed E-state index contributed by atoms with van der Waals surface area (Å²) in [6.07, 6.45) is 0.518. The van der Waals surface area contributed by atoms with Gasteiger partial charge in [-0.25, -0.2) is 0 Å². The first-order valence-electron chi connectivity index (χ1n) is 16.0. The van der Waals surface area contributed by atoms with Crippen LogP contribution in [-0.4, -0.2) is 99.7 Å². The van der Waals surface area contributed by atoms with E-state index in [0.29, 0.717) is 6.67 Å². The van der Waals surface area contributed by atoms with Gasteiger partial charge in [-0.2, -0.15) is 0 Å². The van der Waals surface area contributed by atoms with Gasteiger partial charge in [-0.05, 0) is 45.8 Å². The van der Waals surface area contributed by atoms with Crippen molar-refractivity contribution in [2.75, 3.05) is 26.9 Å². The Kier molecular flexibility index (Phi) is 10.3. The van der Waals surface area contributed by atoms with E-state index in [1.807, 2.05) is 0 Å². The fourth-order valence-corrected chi connectivity index (χ4v) is 7.37. The third kappa shape index (κ3) is 6.28. The zero-order valence-corrected chi connectivity index (χ0v) is 27.6. The lowest BCUT2D eigenvalue weighted by atomic mass is 9.72. The maximum Gasteiger partial charge on any atom is 0.202 e. The van der Waals surface area contributed by atoms with E-state index >= 15 is 0 Å². The van der Waals surface area contributed by atoms with E-state index in [2.05, 4.69) is 10.2 Å². The number of ketones is 3. The molecule has 2 heterocycles. The highest BCUT2D eigenvalue weighted by molar-refractivity contribution is 6.31. The lowest BCUT2D eigenvalue weighted by molar-refractivity contribution is -0.250. The fraction of sp³-hybridized carbons (Fsp3) is 0.559. The second kappa shape index (κ2) is 13.8. The third-order valence-corrected chi connectivity index (χ3v) is 10.0. The SMILES string of the molecule is COc1cccc2c1C(=O)c1c(O)c3c(c(O)c1C2=O)C[C@@](O)(C(C)=O)C[C@@H]3O[C@H]1C[C@H](NCN2CCCCCC2)[C@H](O)[C@H](C)O1.Cl. The number of hydrogen-bond acceptors (Lipinski definition) is 12. The number of aliphatic hydroxyl groups is 2. The third-order valence-electron chi connectivity index (χ3n) is 10.0. The van der Waals surface area contributed by atoms with E-state index in [4.69, 9.17) is 14.2 Å². The van der Waals surface area contributed by atoms with Crippen LogP contribution in [0, 0.1) is 0 Å². The van der Waals surface area contributed by atoms with Crippen molar-refractivity contribution in [1.29, 1.82) is 0 Å². The van der Waals surface area contributed by atoms with Gasteiger partial charge in [0.1, 0.15) is 22.8 Å². The van der Waals surface area contributed by atoms with Gasteiger partial charge in [0, 0.05) is 48.7 Å². The highest BCUT2D eigenvalue weighted by atomic mass is 35.5. The van der Waals surface area contributed by atoms with Crippen LogP contribution in [0.15, 0.2) is 18.2 Å². The number of halogens is 1. The van der Waals surface area contributed by atoms with Crippen molar-refractivity contribution in [1.82, 2.24) is 10.2 Å². The topological polar surface area (TPSA) is 175 Å². The molecule has 0 amide bonds. The summed E-state index contributed by atoms with van der Waals surface area (Å²) >= 11 is 0. The summed E-state index contributed by atoms with van der Waals surface area (Å²) in [6, 6.07) is 4.10. The van der Waals surface area contributed by atoms with Crippen LogP contribution in [0.1, 0.15) is 101 Å². The highest BCUT2D eigenvalue weighted by Gasteiger charge is 2.49. The van der Waals surface area contributed by atoms with E-state index in [1.54, 1.807) is 13.0 Å². The minimum absolute atomic E-state index is 0. The molecule has 6 atom stereocenters. The van der Waals surface area contributed by atoms with Crippen molar-refractivity contribution < 1.29 is 49.0 Å². The van der Waals surface area contributed by atoms with E-state index in [0.717, 1.165) is 25.9 Å². The van der Waals surface area contributed by atoms with Crippen molar-refractivity contribution in [3.05, 3.63) is 51.6 Å². The van der Waals surface area contributed by atoms with Gasteiger partial charge < -0.3 is 34.6 Å². The van der Waals surface area contributed by atoms with E-state index in [9.17, 15) is 34.8 Å². The molecular weight excluding hydrogens is 632 g/mol. The number of benzene rings is 2. The average molecular weight is 675 g/mol. The molecule has 4 aliphatic rings. The minimum Gasteiger partial charge on any atom is -0.507 e.